The summed E-state index contributed by atoms with van der Waals surface area (Å²) in [5.41, 5.74) is 3.95. The maximum atomic E-state index is 13.3. The van der Waals surface area contributed by atoms with E-state index in [2.05, 4.69) is 15.8 Å². The van der Waals surface area contributed by atoms with Gasteiger partial charge in [0, 0.05) is 12.5 Å². The van der Waals surface area contributed by atoms with Crippen LogP contribution in [0.3, 0.4) is 0 Å². The van der Waals surface area contributed by atoms with Crippen molar-refractivity contribution in [3.8, 4) is 5.75 Å². The smallest absolute Gasteiger partial charge is 0.343 e. The lowest BCUT2D eigenvalue weighted by Crippen LogP contribution is -2.34. The number of rotatable bonds is 6. The zero-order valence-corrected chi connectivity index (χ0v) is 17.4. The van der Waals surface area contributed by atoms with Gasteiger partial charge >= 0.3 is 5.97 Å². The molecule has 3 aromatic rings. The standard InChI is InChI=1S/C25H20FN3O4/c26-19-10-5-9-18(13-19)25(32)33-20-11-4-6-16(12-20)14-28-29-24(31)22-21(15-27-23(22)30)17-7-2-1-3-8-17/h1-14,21-22H,15H2,(H,27,30)(H,29,31)/b28-14+/t21-,22+/m1/s1. The molecule has 0 aliphatic carbocycles. The molecule has 7 nitrogen and oxygen atoms in total. The van der Waals surface area contributed by atoms with Crippen molar-refractivity contribution in [2.24, 2.45) is 11.0 Å². The molecule has 0 saturated carbocycles. The molecule has 0 spiro atoms. The number of halogens is 1. The van der Waals surface area contributed by atoms with Crippen LogP contribution in [0.15, 0.2) is 84.0 Å². The first kappa shape index (κ1) is 21.9. The summed E-state index contributed by atoms with van der Waals surface area (Å²) in [6.07, 6.45) is 1.38. The fraction of sp³-hybridized carbons (Fsp3) is 0.120. The molecule has 2 atom stereocenters. The molecule has 33 heavy (non-hydrogen) atoms. The average Bonchev–Trinajstić information content (AvgIpc) is 3.21. The molecule has 0 radical (unpaired) electrons. The summed E-state index contributed by atoms with van der Waals surface area (Å²) in [5.74, 6) is -3.02. The number of hydrogen-bond donors (Lipinski definition) is 2. The van der Waals surface area contributed by atoms with Gasteiger partial charge in [-0.05, 0) is 41.5 Å². The Morgan fingerprint density at radius 3 is 2.61 bits per heavy atom. The lowest BCUT2D eigenvalue weighted by Gasteiger charge is -2.15. The predicted molar refractivity (Wildman–Crippen MR) is 119 cm³/mol. The van der Waals surface area contributed by atoms with E-state index in [1.54, 1.807) is 24.3 Å². The van der Waals surface area contributed by atoms with Gasteiger partial charge in [-0.1, -0.05) is 48.5 Å². The van der Waals surface area contributed by atoms with Gasteiger partial charge in [-0.2, -0.15) is 5.10 Å². The largest absolute Gasteiger partial charge is 0.423 e. The quantitative estimate of drug-likeness (QED) is 0.200. The van der Waals surface area contributed by atoms with Gasteiger partial charge in [0.15, 0.2) is 0 Å². The fourth-order valence-corrected chi connectivity index (χ4v) is 3.61. The molecule has 1 aliphatic rings. The van der Waals surface area contributed by atoms with Gasteiger partial charge in [0.25, 0.3) is 5.91 Å². The Bertz CT molecular complexity index is 1210. The monoisotopic (exact) mass is 445 g/mol. The third-order valence-electron chi connectivity index (χ3n) is 5.21. The maximum absolute atomic E-state index is 13.3. The molecule has 166 valence electrons. The second-order valence-corrected chi connectivity index (χ2v) is 7.45. The van der Waals surface area contributed by atoms with Crippen LogP contribution in [0.1, 0.15) is 27.4 Å². The van der Waals surface area contributed by atoms with Crippen molar-refractivity contribution >= 4 is 24.0 Å². The summed E-state index contributed by atoms with van der Waals surface area (Å²) in [7, 11) is 0. The van der Waals surface area contributed by atoms with Crippen molar-refractivity contribution in [2.75, 3.05) is 6.54 Å². The van der Waals surface area contributed by atoms with E-state index in [0.29, 0.717) is 12.1 Å². The lowest BCUT2D eigenvalue weighted by molar-refractivity contribution is -0.133. The van der Waals surface area contributed by atoms with Gasteiger partial charge in [0.05, 0.1) is 11.8 Å². The van der Waals surface area contributed by atoms with Crippen LogP contribution < -0.4 is 15.5 Å². The zero-order chi connectivity index (χ0) is 23.2. The molecule has 1 heterocycles. The minimum Gasteiger partial charge on any atom is -0.423 e. The second-order valence-electron chi connectivity index (χ2n) is 7.45. The Kier molecular flexibility index (Phi) is 6.54. The summed E-state index contributed by atoms with van der Waals surface area (Å²) < 4.78 is 18.6. The van der Waals surface area contributed by atoms with Crippen LogP contribution in [0, 0.1) is 11.7 Å². The number of esters is 1. The maximum Gasteiger partial charge on any atom is 0.343 e. The Balaban J connectivity index is 1.39. The van der Waals surface area contributed by atoms with E-state index in [1.165, 1.54) is 24.4 Å². The highest BCUT2D eigenvalue weighted by molar-refractivity contribution is 6.03. The molecule has 1 fully saturated rings. The topological polar surface area (TPSA) is 96.9 Å². The van der Waals surface area contributed by atoms with Gasteiger partial charge in [-0.3, -0.25) is 9.59 Å². The second kappa shape index (κ2) is 9.86. The molecule has 2 N–H and O–H groups in total. The summed E-state index contributed by atoms with van der Waals surface area (Å²) >= 11 is 0. The van der Waals surface area contributed by atoms with Gasteiger partial charge < -0.3 is 10.1 Å². The Labute approximate surface area is 189 Å². The summed E-state index contributed by atoms with van der Waals surface area (Å²) in [5, 5.41) is 6.67. The number of hydrazone groups is 1. The third kappa shape index (κ3) is 5.30. The molecular weight excluding hydrogens is 425 g/mol. The van der Waals surface area contributed by atoms with E-state index in [-0.39, 0.29) is 23.1 Å². The highest BCUT2D eigenvalue weighted by atomic mass is 19.1. The zero-order valence-electron chi connectivity index (χ0n) is 17.4. The first-order valence-electron chi connectivity index (χ1n) is 10.2. The van der Waals surface area contributed by atoms with Crippen molar-refractivity contribution in [2.45, 2.75) is 5.92 Å². The van der Waals surface area contributed by atoms with E-state index in [9.17, 15) is 18.8 Å². The normalized spacial score (nSPS) is 17.5. The minimum absolute atomic E-state index is 0.0872. The predicted octanol–water partition coefficient (Wildman–Crippen LogP) is 3.02. The van der Waals surface area contributed by atoms with E-state index < -0.39 is 23.6 Å². The minimum atomic E-state index is -0.886. The van der Waals surface area contributed by atoms with Gasteiger partial charge in [-0.25, -0.2) is 14.6 Å². The highest BCUT2D eigenvalue weighted by Gasteiger charge is 2.40. The van der Waals surface area contributed by atoms with Gasteiger partial charge in [0.1, 0.15) is 17.5 Å². The molecule has 0 bridgehead atoms. The van der Waals surface area contributed by atoms with Crippen LogP contribution in [-0.2, 0) is 9.59 Å². The SMILES string of the molecule is O=C(Oc1cccc(/C=N/NC(=O)[C@@H]2C(=O)NC[C@@H]2c2ccccc2)c1)c1cccc(F)c1. The Hall–Kier alpha value is -4.33. The van der Waals surface area contributed by atoms with Crippen molar-refractivity contribution in [3.63, 3.8) is 0 Å². The van der Waals surface area contributed by atoms with Crippen LogP contribution in [0.25, 0.3) is 0 Å². The molecule has 0 aromatic heterocycles. The average molecular weight is 445 g/mol. The Morgan fingerprint density at radius 1 is 1.03 bits per heavy atom. The summed E-state index contributed by atoms with van der Waals surface area (Å²) in [6.45, 7) is 0.378. The number of nitrogens with zero attached hydrogens (tertiary/aromatic N) is 1. The molecule has 1 aliphatic heterocycles. The van der Waals surface area contributed by atoms with Crippen LogP contribution in [0.2, 0.25) is 0 Å². The van der Waals surface area contributed by atoms with E-state index in [1.807, 2.05) is 30.3 Å². The van der Waals surface area contributed by atoms with Crippen molar-refractivity contribution < 1.29 is 23.5 Å². The van der Waals surface area contributed by atoms with E-state index in [4.69, 9.17) is 4.74 Å². The van der Waals surface area contributed by atoms with Crippen LogP contribution in [0.5, 0.6) is 5.75 Å². The first-order chi connectivity index (χ1) is 16.0. The van der Waals surface area contributed by atoms with Crippen molar-refractivity contribution in [1.29, 1.82) is 0 Å². The van der Waals surface area contributed by atoms with E-state index in [0.717, 1.165) is 11.6 Å². The van der Waals surface area contributed by atoms with Gasteiger partial charge in [0.2, 0.25) is 5.91 Å². The fourth-order valence-electron chi connectivity index (χ4n) is 3.61. The molecule has 2 amide bonds. The van der Waals surface area contributed by atoms with E-state index >= 15 is 0 Å². The molecular formula is C25H20FN3O4. The van der Waals surface area contributed by atoms with Crippen LogP contribution in [-0.4, -0.2) is 30.5 Å². The van der Waals surface area contributed by atoms with Crippen LogP contribution >= 0.6 is 0 Å². The lowest BCUT2D eigenvalue weighted by atomic mass is 9.88. The number of hydrogen-bond acceptors (Lipinski definition) is 5. The van der Waals surface area contributed by atoms with Gasteiger partial charge in [-0.15, -0.1) is 0 Å². The number of carbonyl (C=O) groups excluding carboxylic acids is 3. The van der Waals surface area contributed by atoms with Crippen molar-refractivity contribution in [3.05, 3.63) is 101 Å². The Morgan fingerprint density at radius 2 is 1.82 bits per heavy atom. The molecule has 0 unspecified atom stereocenters. The molecule has 3 aromatic carbocycles. The third-order valence-corrected chi connectivity index (χ3v) is 5.21. The number of ether oxygens (including phenoxy) is 1. The summed E-state index contributed by atoms with van der Waals surface area (Å²) in [4.78, 5) is 37.1. The number of nitrogens with one attached hydrogen (secondary N) is 2. The number of carbonyl (C=O) groups is 3. The summed E-state index contributed by atoms with van der Waals surface area (Å²) in [6, 6.07) is 21.0. The molecule has 1 saturated heterocycles. The first-order valence-corrected chi connectivity index (χ1v) is 10.2. The number of amides is 2. The highest BCUT2D eigenvalue weighted by Crippen LogP contribution is 2.29. The number of benzene rings is 3. The van der Waals surface area contributed by atoms with Crippen LogP contribution in [0.4, 0.5) is 4.39 Å². The molecule has 8 heteroatoms. The van der Waals surface area contributed by atoms with Crippen molar-refractivity contribution in [1.82, 2.24) is 10.7 Å². The molecule has 4 rings (SSSR count).